The third-order valence-electron chi connectivity index (χ3n) is 0.837. The van der Waals surface area contributed by atoms with E-state index in [9.17, 15) is 8.42 Å². The maximum atomic E-state index is 10.1. The molecule has 64 valence electrons. The number of ether oxygens (including phenoxy) is 1. The van der Waals surface area contributed by atoms with E-state index in [0.717, 1.165) is 0 Å². The van der Waals surface area contributed by atoms with Crippen molar-refractivity contribution in [3.05, 3.63) is 0 Å². The highest BCUT2D eigenvalue weighted by atomic mass is 32.2. The lowest BCUT2D eigenvalue weighted by Crippen LogP contribution is -2.10. The van der Waals surface area contributed by atoms with Crippen LogP contribution in [0.4, 0.5) is 0 Å². The van der Waals surface area contributed by atoms with Crippen molar-refractivity contribution < 1.29 is 17.7 Å². The van der Waals surface area contributed by atoms with E-state index in [4.69, 9.17) is 9.29 Å². The summed E-state index contributed by atoms with van der Waals surface area (Å²) in [5.74, 6) is 4.79. The molecule has 0 heterocycles. The van der Waals surface area contributed by atoms with E-state index in [1.165, 1.54) is 0 Å². The van der Waals surface area contributed by atoms with Crippen molar-refractivity contribution >= 4 is 10.1 Å². The van der Waals surface area contributed by atoms with Gasteiger partial charge in [-0.05, 0) is 6.92 Å². The van der Waals surface area contributed by atoms with Gasteiger partial charge in [-0.15, -0.1) is 5.92 Å². The Morgan fingerprint density at radius 3 is 2.64 bits per heavy atom. The summed E-state index contributed by atoms with van der Waals surface area (Å²) in [6.07, 6.45) is 0. The maximum Gasteiger partial charge on any atom is 0.267 e. The summed E-state index contributed by atoms with van der Waals surface area (Å²) < 4.78 is 33.2. The number of rotatable bonds is 4. The van der Waals surface area contributed by atoms with Gasteiger partial charge in [-0.25, -0.2) is 0 Å². The predicted octanol–water partition coefficient (Wildman–Crippen LogP) is -0.0859. The number of hydrogen-bond acceptors (Lipinski definition) is 3. The van der Waals surface area contributed by atoms with Crippen LogP contribution in [0.25, 0.3) is 0 Å². The van der Waals surface area contributed by atoms with Gasteiger partial charge in [0.05, 0.1) is 12.4 Å². The normalized spacial score (nSPS) is 10.4. The molecule has 11 heavy (non-hydrogen) atoms. The Bertz CT molecular complexity index is 243. The van der Waals surface area contributed by atoms with Gasteiger partial charge in [0.15, 0.2) is 0 Å². The van der Waals surface area contributed by atoms with Gasteiger partial charge in [0, 0.05) is 0 Å². The molecular weight excluding hydrogens is 168 g/mol. The van der Waals surface area contributed by atoms with Crippen LogP contribution in [-0.2, 0) is 14.9 Å². The van der Waals surface area contributed by atoms with Crippen molar-refractivity contribution in [2.24, 2.45) is 0 Å². The first-order valence-electron chi connectivity index (χ1n) is 2.99. The summed E-state index contributed by atoms with van der Waals surface area (Å²) in [6, 6.07) is 0. The highest BCUT2D eigenvalue weighted by molar-refractivity contribution is 7.85. The Labute approximate surface area is 66.3 Å². The Morgan fingerprint density at radius 2 is 2.18 bits per heavy atom. The first-order valence-corrected chi connectivity index (χ1v) is 4.59. The molecule has 0 aliphatic heterocycles. The molecule has 0 rings (SSSR count). The van der Waals surface area contributed by atoms with E-state index >= 15 is 0 Å². The van der Waals surface area contributed by atoms with Crippen LogP contribution in [0.3, 0.4) is 0 Å². The Hall–Kier alpha value is -0.570. The van der Waals surface area contributed by atoms with Crippen molar-refractivity contribution in [3.63, 3.8) is 0 Å². The molecule has 0 saturated carbocycles. The molecule has 0 unspecified atom stereocenters. The molecule has 0 aliphatic rings. The van der Waals surface area contributed by atoms with Crippen LogP contribution in [0.15, 0.2) is 0 Å². The number of hydrogen-bond donors (Lipinski definition) is 1. The standard InChI is InChI=1S/C6H10O4S/c1-2-3-4-10-5-6-11(7,8)9/h4-6H2,1H3,(H,7,8,9). The van der Waals surface area contributed by atoms with Crippen LogP contribution < -0.4 is 0 Å². The van der Waals surface area contributed by atoms with E-state index in [-0.39, 0.29) is 19.0 Å². The molecule has 0 bridgehead atoms. The van der Waals surface area contributed by atoms with Gasteiger partial charge in [-0.1, -0.05) is 5.92 Å². The van der Waals surface area contributed by atoms with Gasteiger partial charge < -0.3 is 4.74 Å². The van der Waals surface area contributed by atoms with E-state index in [1.807, 2.05) is 0 Å². The molecule has 0 radical (unpaired) electrons. The van der Waals surface area contributed by atoms with Crippen LogP contribution in [0.1, 0.15) is 6.92 Å². The van der Waals surface area contributed by atoms with Gasteiger partial charge in [0.25, 0.3) is 10.1 Å². The SMILES string of the molecule is CC#CCOCCS(=O)(=O)O. The fourth-order valence-corrected chi connectivity index (χ4v) is 0.688. The van der Waals surface area contributed by atoms with E-state index in [2.05, 4.69) is 11.8 Å². The van der Waals surface area contributed by atoms with Gasteiger partial charge in [-0.2, -0.15) is 8.42 Å². The smallest absolute Gasteiger partial charge is 0.267 e. The zero-order valence-corrected chi connectivity index (χ0v) is 7.02. The molecule has 0 atom stereocenters. The lowest BCUT2D eigenvalue weighted by molar-refractivity contribution is 0.182. The Kier molecular flexibility index (Phi) is 4.86. The molecule has 0 amide bonds. The summed E-state index contributed by atoms with van der Waals surface area (Å²) in [5, 5.41) is 0. The second kappa shape index (κ2) is 5.13. The van der Waals surface area contributed by atoms with Crippen LogP contribution in [0.2, 0.25) is 0 Å². The zero-order valence-electron chi connectivity index (χ0n) is 6.20. The third kappa shape index (κ3) is 9.43. The second-order valence-electron chi connectivity index (χ2n) is 1.77. The third-order valence-corrected chi connectivity index (χ3v) is 1.52. The van der Waals surface area contributed by atoms with Crippen LogP contribution in [-0.4, -0.2) is 31.9 Å². The summed E-state index contributed by atoms with van der Waals surface area (Å²) in [5.41, 5.74) is 0. The van der Waals surface area contributed by atoms with Crippen molar-refractivity contribution in [2.45, 2.75) is 6.92 Å². The predicted molar refractivity (Wildman–Crippen MR) is 40.7 cm³/mol. The van der Waals surface area contributed by atoms with Crippen LogP contribution >= 0.6 is 0 Å². The molecule has 1 N–H and O–H groups in total. The van der Waals surface area contributed by atoms with Crippen molar-refractivity contribution in [3.8, 4) is 11.8 Å². The largest absolute Gasteiger partial charge is 0.368 e. The van der Waals surface area contributed by atoms with Crippen molar-refractivity contribution in [2.75, 3.05) is 19.0 Å². The molecule has 0 fully saturated rings. The molecule has 5 heteroatoms. The van der Waals surface area contributed by atoms with Crippen LogP contribution in [0.5, 0.6) is 0 Å². The van der Waals surface area contributed by atoms with E-state index in [0.29, 0.717) is 0 Å². The van der Waals surface area contributed by atoms with Crippen molar-refractivity contribution in [1.82, 2.24) is 0 Å². The summed E-state index contributed by atoms with van der Waals surface area (Å²) in [7, 11) is -3.88. The highest BCUT2D eigenvalue weighted by Crippen LogP contribution is 1.82. The molecule has 0 aliphatic carbocycles. The van der Waals surface area contributed by atoms with E-state index in [1.54, 1.807) is 6.92 Å². The van der Waals surface area contributed by atoms with Crippen LogP contribution in [0, 0.1) is 11.8 Å². The quantitative estimate of drug-likeness (QED) is 0.371. The first-order chi connectivity index (χ1) is 5.06. The zero-order chi connectivity index (χ0) is 8.74. The second-order valence-corrected chi connectivity index (χ2v) is 3.34. The molecule has 0 aromatic rings. The average Bonchev–Trinajstić information content (AvgIpc) is 1.85. The minimum Gasteiger partial charge on any atom is -0.368 e. The topological polar surface area (TPSA) is 63.6 Å². The molecular formula is C6H10O4S. The van der Waals surface area contributed by atoms with Gasteiger partial charge >= 0.3 is 0 Å². The summed E-state index contributed by atoms with van der Waals surface area (Å²) in [6.45, 7) is 1.84. The molecule has 0 aromatic heterocycles. The fraction of sp³-hybridized carbons (Fsp3) is 0.667. The molecule has 4 nitrogen and oxygen atoms in total. The fourth-order valence-electron chi connectivity index (χ4n) is 0.360. The first kappa shape index (κ1) is 10.4. The minimum atomic E-state index is -3.88. The lowest BCUT2D eigenvalue weighted by Gasteiger charge is -1.95. The lowest BCUT2D eigenvalue weighted by atomic mass is 10.6. The molecule has 0 aromatic carbocycles. The van der Waals surface area contributed by atoms with Crippen molar-refractivity contribution in [1.29, 1.82) is 0 Å². The minimum absolute atomic E-state index is 0.0203. The Morgan fingerprint density at radius 1 is 1.55 bits per heavy atom. The molecule has 0 spiro atoms. The maximum absolute atomic E-state index is 10.1. The van der Waals surface area contributed by atoms with Gasteiger partial charge in [0.2, 0.25) is 0 Å². The average molecular weight is 178 g/mol. The summed E-state index contributed by atoms with van der Waals surface area (Å²) >= 11 is 0. The Balaban J connectivity index is 3.34. The summed E-state index contributed by atoms with van der Waals surface area (Å²) in [4.78, 5) is 0. The van der Waals surface area contributed by atoms with Gasteiger partial charge in [0.1, 0.15) is 6.61 Å². The highest BCUT2D eigenvalue weighted by Gasteiger charge is 2.02. The van der Waals surface area contributed by atoms with E-state index < -0.39 is 10.1 Å². The molecule has 0 saturated heterocycles. The monoisotopic (exact) mass is 178 g/mol. The van der Waals surface area contributed by atoms with Gasteiger partial charge in [-0.3, -0.25) is 4.55 Å².